The molecule has 8 nitrogen and oxygen atoms in total. The highest BCUT2D eigenvalue weighted by Crippen LogP contribution is 2.31. The summed E-state index contributed by atoms with van der Waals surface area (Å²) in [5.41, 5.74) is 3.25. The number of aliphatic carboxylic acids is 1. The van der Waals surface area contributed by atoms with Gasteiger partial charge in [0, 0.05) is 6.42 Å². The Bertz CT molecular complexity index is 1300. The molecule has 3 amide bonds. The molecule has 1 aliphatic carbocycles. The number of urea groups is 1. The minimum absolute atomic E-state index is 0.0134. The highest BCUT2D eigenvalue weighted by Gasteiger charge is 2.26. The number of carbonyl (C=O) groups is 3. The number of aryl methyl sites for hydroxylation is 1. The Labute approximate surface area is 230 Å². The lowest BCUT2D eigenvalue weighted by Crippen LogP contribution is -2.50. The van der Waals surface area contributed by atoms with E-state index < -0.39 is 23.9 Å². The van der Waals surface area contributed by atoms with E-state index in [2.05, 4.69) is 16.0 Å². The molecule has 4 rings (SSSR count). The van der Waals surface area contributed by atoms with E-state index in [1.165, 1.54) is 17.7 Å². The van der Waals surface area contributed by atoms with E-state index in [0.29, 0.717) is 18.8 Å². The zero-order valence-electron chi connectivity index (χ0n) is 20.4. The fourth-order valence-corrected chi connectivity index (χ4v) is 4.96. The van der Waals surface area contributed by atoms with Crippen LogP contribution in [0.15, 0.2) is 66.7 Å². The van der Waals surface area contributed by atoms with E-state index in [1.54, 1.807) is 0 Å². The molecule has 0 radical (unpaired) electrons. The highest BCUT2D eigenvalue weighted by molar-refractivity contribution is 6.40. The van der Waals surface area contributed by atoms with Crippen LogP contribution in [0.3, 0.4) is 0 Å². The molecule has 0 aliphatic heterocycles. The number of carboxylic acid groups (broad SMARTS) is 1. The molecule has 0 unspecified atom stereocenters. The number of halogens is 2. The number of hydrogen-bond acceptors (Lipinski definition) is 4. The lowest BCUT2D eigenvalue weighted by molar-refractivity contribution is -0.139. The molecule has 1 aliphatic rings. The Morgan fingerprint density at radius 3 is 2.39 bits per heavy atom. The average molecular weight is 556 g/mol. The average Bonchev–Trinajstić information content (AvgIpc) is 3.29. The summed E-state index contributed by atoms with van der Waals surface area (Å²) in [4.78, 5) is 37.1. The molecule has 4 N–H and O–H groups in total. The molecule has 0 heterocycles. The molecule has 3 aromatic carbocycles. The smallest absolute Gasteiger partial charge is 0.328 e. The number of amides is 3. The Morgan fingerprint density at radius 2 is 1.68 bits per heavy atom. The minimum Gasteiger partial charge on any atom is -0.493 e. The molecule has 2 atom stereocenters. The lowest BCUT2D eigenvalue weighted by Gasteiger charge is -2.19. The Morgan fingerprint density at radius 1 is 1.00 bits per heavy atom. The number of nitrogens with one attached hydrogen (secondary N) is 3. The summed E-state index contributed by atoms with van der Waals surface area (Å²) < 4.78 is 5.72. The van der Waals surface area contributed by atoms with Crippen LogP contribution < -0.4 is 20.7 Å². The van der Waals surface area contributed by atoms with Gasteiger partial charge >= 0.3 is 12.0 Å². The first-order valence-corrected chi connectivity index (χ1v) is 12.9. The quantitative estimate of drug-likeness (QED) is 0.287. The van der Waals surface area contributed by atoms with Crippen LogP contribution in [-0.4, -0.2) is 42.2 Å². The zero-order valence-corrected chi connectivity index (χ0v) is 21.9. The molecule has 0 saturated carbocycles. The fourth-order valence-electron chi connectivity index (χ4n) is 4.32. The van der Waals surface area contributed by atoms with Gasteiger partial charge in [0.1, 0.15) is 11.8 Å². The van der Waals surface area contributed by atoms with E-state index in [1.807, 2.05) is 54.6 Å². The Kier molecular flexibility index (Phi) is 9.10. The van der Waals surface area contributed by atoms with Crippen molar-refractivity contribution in [3.8, 4) is 5.75 Å². The lowest BCUT2D eigenvalue weighted by atomic mass is 10.1. The second-order valence-electron chi connectivity index (χ2n) is 8.85. The molecular weight excluding hydrogens is 529 g/mol. The molecule has 0 bridgehead atoms. The third-order valence-corrected chi connectivity index (χ3v) is 6.85. The van der Waals surface area contributed by atoms with Crippen LogP contribution in [0.25, 0.3) is 0 Å². The SMILES string of the molecule is O=C(NC[C@H](NC(=O)c1c(Cl)cc(OCCc2ccccc2)cc1Cl)C(=O)O)N[C@@H]1CCc2ccccc21. The van der Waals surface area contributed by atoms with Gasteiger partial charge in [-0.25, -0.2) is 9.59 Å². The van der Waals surface area contributed by atoms with E-state index in [0.717, 1.165) is 24.0 Å². The number of hydrogen-bond donors (Lipinski definition) is 4. The van der Waals surface area contributed by atoms with Gasteiger partial charge in [-0.05, 0) is 41.7 Å². The van der Waals surface area contributed by atoms with Crippen LogP contribution in [0.5, 0.6) is 5.75 Å². The van der Waals surface area contributed by atoms with Crippen molar-refractivity contribution in [3.63, 3.8) is 0 Å². The normalized spacial score (nSPS) is 14.7. The predicted molar refractivity (Wildman–Crippen MR) is 145 cm³/mol. The topological polar surface area (TPSA) is 117 Å². The maximum Gasteiger partial charge on any atom is 0.328 e. The maximum atomic E-state index is 12.9. The van der Waals surface area contributed by atoms with Crippen molar-refractivity contribution < 1.29 is 24.2 Å². The third-order valence-electron chi connectivity index (χ3n) is 6.25. The predicted octanol–water partition coefficient (Wildman–Crippen LogP) is 4.78. The van der Waals surface area contributed by atoms with Crippen molar-refractivity contribution in [2.75, 3.05) is 13.2 Å². The molecule has 10 heteroatoms. The number of carboxylic acids is 1. The molecule has 0 saturated heterocycles. The van der Waals surface area contributed by atoms with Gasteiger partial charge in [-0.15, -0.1) is 0 Å². The van der Waals surface area contributed by atoms with Crippen LogP contribution >= 0.6 is 23.2 Å². The van der Waals surface area contributed by atoms with Crippen LogP contribution in [0.4, 0.5) is 4.79 Å². The van der Waals surface area contributed by atoms with Crippen LogP contribution in [0.2, 0.25) is 10.0 Å². The Balaban J connectivity index is 1.31. The first-order valence-electron chi connectivity index (χ1n) is 12.1. The molecule has 0 fully saturated rings. The summed E-state index contributed by atoms with van der Waals surface area (Å²) in [5.74, 6) is -1.72. The number of rotatable bonds is 10. The van der Waals surface area contributed by atoms with Crippen LogP contribution in [0.1, 0.15) is 39.5 Å². The zero-order chi connectivity index (χ0) is 27.1. The van der Waals surface area contributed by atoms with Gasteiger partial charge < -0.3 is 25.8 Å². The Hall–Kier alpha value is -3.75. The van der Waals surface area contributed by atoms with Gasteiger partial charge in [-0.2, -0.15) is 0 Å². The number of carbonyl (C=O) groups excluding carboxylic acids is 2. The number of ether oxygens (including phenoxy) is 1. The van der Waals surface area contributed by atoms with Crippen LogP contribution in [0, 0.1) is 0 Å². The third kappa shape index (κ3) is 6.96. The van der Waals surface area contributed by atoms with Gasteiger partial charge in [0.2, 0.25) is 0 Å². The van der Waals surface area contributed by atoms with Gasteiger partial charge in [-0.3, -0.25) is 4.79 Å². The molecular formula is C28H27Cl2N3O5. The van der Waals surface area contributed by atoms with Crippen molar-refractivity contribution in [3.05, 3.63) is 99.0 Å². The van der Waals surface area contributed by atoms with Gasteiger partial charge in [0.15, 0.2) is 0 Å². The molecule has 3 aromatic rings. The van der Waals surface area contributed by atoms with Gasteiger partial charge in [0.05, 0.1) is 34.8 Å². The summed E-state index contributed by atoms with van der Waals surface area (Å²) in [5, 5.41) is 17.4. The van der Waals surface area contributed by atoms with Gasteiger partial charge in [0.25, 0.3) is 5.91 Å². The largest absolute Gasteiger partial charge is 0.493 e. The number of benzene rings is 3. The molecule has 198 valence electrons. The summed E-state index contributed by atoms with van der Waals surface area (Å²) in [6.45, 7) is 0.0423. The number of fused-ring (bicyclic) bond motifs is 1. The monoisotopic (exact) mass is 555 g/mol. The minimum atomic E-state index is -1.40. The highest BCUT2D eigenvalue weighted by atomic mass is 35.5. The first kappa shape index (κ1) is 27.3. The van der Waals surface area contributed by atoms with E-state index in [4.69, 9.17) is 27.9 Å². The van der Waals surface area contributed by atoms with Crippen molar-refractivity contribution >= 4 is 41.1 Å². The molecule has 0 aromatic heterocycles. The van der Waals surface area contributed by atoms with Crippen molar-refractivity contribution in [2.24, 2.45) is 0 Å². The summed E-state index contributed by atoms with van der Waals surface area (Å²) in [6, 6.07) is 18.4. The van der Waals surface area contributed by atoms with E-state index in [9.17, 15) is 19.5 Å². The van der Waals surface area contributed by atoms with Crippen molar-refractivity contribution in [1.82, 2.24) is 16.0 Å². The van der Waals surface area contributed by atoms with E-state index >= 15 is 0 Å². The molecule has 38 heavy (non-hydrogen) atoms. The van der Waals surface area contributed by atoms with Crippen LogP contribution in [-0.2, 0) is 17.6 Å². The molecule has 0 spiro atoms. The summed E-state index contributed by atoms with van der Waals surface area (Å²) in [7, 11) is 0. The first-order chi connectivity index (χ1) is 18.3. The standard InChI is InChI=1S/C28H27Cl2N3O5/c29-21-14-19(38-13-12-17-6-2-1-3-7-17)15-22(30)25(21)26(34)32-24(27(35)36)16-31-28(37)33-23-11-10-18-8-4-5-9-20(18)23/h1-9,14-15,23-24H,10-13,16H2,(H,32,34)(H,35,36)(H2,31,33,37)/t23-,24+/m1/s1. The van der Waals surface area contributed by atoms with Crippen molar-refractivity contribution in [1.29, 1.82) is 0 Å². The van der Waals surface area contributed by atoms with Crippen molar-refractivity contribution in [2.45, 2.75) is 31.3 Å². The summed E-state index contributed by atoms with van der Waals surface area (Å²) >= 11 is 12.6. The summed E-state index contributed by atoms with van der Waals surface area (Å²) in [6.07, 6.45) is 2.29. The fraction of sp³-hybridized carbons (Fsp3) is 0.250. The van der Waals surface area contributed by atoms with E-state index in [-0.39, 0.29) is 28.2 Å². The van der Waals surface area contributed by atoms with Gasteiger partial charge in [-0.1, -0.05) is 77.8 Å². The second kappa shape index (κ2) is 12.7. The maximum absolute atomic E-state index is 12.9. The second-order valence-corrected chi connectivity index (χ2v) is 9.67.